The highest BCUT2D eigenvalue weighted by molar-refractivity contribution is 7.14. The highest BCUT2D eigenvalue weighted by Crippen LogP contribution is 2.24. The molecule has 0 saturated carbocycles. The molecule has 0 bridgehead atoms. The van der Waals surface area contributed by atoms with Crippen molar-refractivity contribution in [3.63, 3.8) is 0 Å². The summed E-state index contributed by atoms with van der Waals surface area (Å²) in [7, 11) is 0. The minimum Gasteiger partial charge on any atom is -0.340 e. The fraction of sp³-hybridized carbons (Fsp3) is 0.462. The van der Waals surface area contributed by atoms with Crippen LogP contribution in [0, 0.1) is 12.3 Å². The van der Waals surface area contributed by atoms with E-state index in [0.29, 0.717) is 6.54 Å². The van der Waals surface area contributed by atoms with Crippen LogP contribution in [0.25, 0.3) is 0 Å². The Morgan fingerprint density at radius 3 is 2.88 bits per heavy atom. The molecule has 1 rings (SSSR count). The van der Waals surface area contributed by atoms with E-state index in [-0.39, 0.29) is 5.91 Å². The third-order valence-electron chi connectivity index (χ3n) is 2.33. The molecule has 2 nitrogen and oxygen atoms in total. The largest absolute Gasteiger partial charge is 0.340 e. The van der Waals surface area contributed by atoms with Gasteiger partial charge in [0.2, 0.25) is 0 Å². The van der Waals surface area contributed by atoms with E-state index in [1.165, 1.54) is 10.4 Å². The molecule has 1 heterocycles. The minimum absolute atomic E-state index is 0.0556. The standard InChI is InChI=1S/C13H17NOS/c1-4-7-11-10(6-3)9-12(16-11)13(15)14-8-5-2/h2,9H,4,6-8H2,1,3H3,(H,14,15). The molecule has 86 valence electrons. The zero-order valence-corrected chi connectivity index (χ0v) is 10.6. The normalized spacial score (nSPS) is 9.81. The van der Waals surface area contributed by atoms with Gasteiger partial charge in [-0.25, -0.2) is 0 Å². The number of rotatable bonds is 5. The molecular formula is C13H17NOS. The molecule has 0 aliphatic carbocycles. The third kappa shape index (κ3) is 3.11. The summed E-state index contributed by atoms with van der Waals surface area (Å²) >= 11 is 1.59. The second-order valence-electron chi connectivity index (χ2n) is 3.55. The fourth-order valence-corrected chi connectivity index (χ4v) is 2.81. The summed E-state index contributed by atoms with van der Waals surface area (Å²) in [5, 5.41) is 2.69. The quantitative estimate of drug-likeness (QED) is 0.781. The Kier molecular flexibility index (Phi) is 5.07. The Hall–Kier alpha value is -1.27. The number of carbonyl (C=O) groups excluding carboxylic acids is 1. The van der Waals surface area contributed by atoms with E-state index in [0.717, 1.165) is 24.1 Å². The van der Waals surface area contributed by atoms with E-state index in [2.05, 4.69) is 25.1 Å². The molecule has 1 N–H and O–H groups in total. The van der Waals surface area contributed by atoms with Crippen LogP contribution < -0.4 is 5.32 Å². The third-order valence-corrected chi connectivity index (χ3v) is 3.57. The number of thiophene rings is 1. The first-order valence-corrected chi connectivity index (χ1v) is 6.37. The highest BCUT2D eigenvalue weighted by Gasteiger charge is 2.12. The van der Waals surface area contributed by atoms with Crippen molar-refractivity contribution in [1.82, 2.24) is 5.32 Å². The van der Waals surface area contributed by atoms with Crippen LogP contribution in [0.4, 0.5) is 0 Å². The Morgan fingerprint density at radius 2 is 2.31 bits per heavy atom. The molecule has 0 fully saturated rings. The molecule has 0 aliphatic rings. The van der Waals surface area contributed by atoms with Crippen molar-refractivity contribution in [3.05, 3.63) is 21.4 Å². The fourth-order valence-electron chi connectivity index (χ4n) is 1.53. The van der Waals surface area contributed by atoms with Crippen LogP contribution in [0.5, 0.6) is 0 Å². The molecule has 1 aromatic heterocycles. The maximum absolute atomic E-state index is 11.7. The summed E-state index contributed by atoms with van der Waals surface area (Å²) in [6.45, 7) is 4.56. The first-order valence-electron chi connectivity index (χ1n) is 5.56. The van der Waals surface area contributed by atoms with Crippen LogP contribution in [0.1, 0.15) is 40.4 Å². The van der Waals surface area contributed by atoms with Gasteiger partial charge in [-0.15, -0.1) is 17.8 Å². The summed E-state index contributed by atoms with van der Waals surface area (Å²) < 4.78 is 0. The van der Waals surface area contributed by atoms with Gasteiger partial charge < -0.3 is 5.32 Å². The molecular weight excluding hydrogens is 218 g/mol. The van der Waals surface area contributed by atoms with E-state index in [9.17, 15) is 4.79 Å². The second kappa shape index (κ2) is 6.34. The van der Waals surface area contributed by atoms with Crippen LogP contribution in [0.15, 0.2) is 6.07 Å². The Balaban J connectivity index is 2.81. The van der Waals surface area contributed by atoms with Gasteiger partial charge in [0.25, 0.3) is 5.91 Å². The summed E-state index contributed by atoms with van der Waals surface area (Å²) in [5.74, 6) is 2.35. The van der Waals surface area contributed by atoms with Crippen LogP contribution in [0.2, 0.25) is 0 Å². The molecule has 1 aromatic rings. The van der Waals surface area contributed by atoms with E-state index >= 15 is 0 Å². The number of nitrogens with one attached hydrogen (secondary N) is 1. The first-order chi connectivity index (χ1) is 7.72. The lowest BCUT2D eigenvalue weighted by Crippen LogP contribution is -2.22. The summed E-state index contributed by atoms with van der Waals surface area (Å²) in [4.78, 5) is 13.8. The van der Waals surface area contributed by atoms with Crippen LogP contribution in [-0.2, 0) is 12.8 Å². The molecule has 1 amide bonds. The predicted octanol–water partition coefficient (Wildman–Crippen LogP) is 2.63. The molecule has 0 atom stereocenters. The SMILES string of the molecule is C#CCNC(=O)c1cc(CC)c(CCC)s1. The van der Waals surface area contributed by atoms with Gasteiger partial charge in [-0.3, -0.25) is 4.79 Å². The monoisotopic (exact) mass is 235 g/mol. The maximum atomic E-state index is 11.7. The van der Waals surface area contributed by atoms with E-state index in [1.54, 1.807) is 11.3 Å². The average Bonchev–Trinajstić information content (AvgIpc) is 2.69. The Morgan fingerprint density at radius 1 is 1.56 bits per heavy atom. The second-order valence-corrected chi connectivity index (χ2v) is 4.69. The summed E-state index contributed by atoms with van der Waals surface area (Å²) in [6.07, 6.45) is 8.24. The van der Waals surface area contributed by atoms with Gasteiger partial charge in [-0.05, 0) is 24.5 Å². The lowest BCUT2D eigenvalue weighted by molar-refractivity contribution is 0.0962. The van der Waals surface area contributed by atoms with Gasteiger partial charge in [0.05, 0.1) is 11.4 Å². The van der Waals surface area contributed by atoms with Gasteiger partial charge in [-0.1, -0.05) is 26.2 Å². The predicted molar refractivity (Wildman–Crippen MR) is 68.9 cm³/mol. The van der Waals surface area contributed by atoms with Crippen molar-refractivity contribution in [2.24, 2.45) is 0 Å². The summed E-state index contributed by atoms with van der Waals surface area (Å²) in [6, 6.07) is 1.99. The number of amides is 1. The van der Waals surface area contributed by atoms with Crippen molar-refractivity contribution in [1.29, 1.82) is 0 Å². The van der Waals surface area contributed by atoms with Gasteiger partial charge in [0.15, 0.2) is 0 Å². The number of terminal acetylenes is 1. The van der Waals surface area contributed by atoms with E-state index in [1.807, 2.05) is 6.07 Å². The van der Waals surface area contributed by atoms with Crippen molar-refractivity contribution in [2.75, 3.05) is 6.54 Å². The van der Waals surface area contributed by atoms with Crippen molar-refractivity contribution in [2.45, 2.75) is 33.1 Å². The van der Waals surface area contributed by atoms with Crippen LogP contribution in [0.3, 0.4) is 0 Å². The highest BCUT2D eigenvalue weighted by atomic mass is 32.1. The molecule has 16 heavy (non-hydrogen) atoms. The number of hydrogen-bond acceptors (Lipinski definition) is 2. The minimum atomic E-state index is -0.0556. The summed E-state index contributed by atoms with van der Waals surface area (Å²) in [5.41, 5.74) is 1.29. The average molecular weight is 235 g/mol. The van der Waals surface area contributed by atoms with Crippen molar-refractivity contribution >= 4 is 17.2 Å². The van der Waals surface area contributed by atoms with Gasteiger partial charge in [0.1, 0.15) is 0 Å². The topological polar surface area (TPSA) is 29.1 Å². The van der Waals surface area contributed by atoms with E-state index in [4.69, 9.17) is 6.42 Å². The molecule has 0 aliphatic heterocycles. The Labute approximate surface area is 101 Å². The molecule has 3 heteroatoms. The van der Waals surface area contributed by atoms with Gasteiger partial charge in [0, 0.05) is 4.88 Å². The van der Waals surface area contributed by atoms with Crippen LogP contribution in [-0.4, -0.2) is 12.5 Å². The van der Waals surface area contributed by atoms with Crippen molar-refractivity contribution < 1.29 is 4.79 Å². The van der Waals surface area contributed by atoms with Gasteiger partial charge >= 0.3 is 0 Å². The molecule has 0 unspecified atom stereocenters. The molecule has 0 spiro atoms. The zero-order chi connectivity index (χ0) is 12.0. The maximum Gasteiger partial charge on any atom is 0.262 e. The number of aryl methyl sites for hydroxylation is 2. The lowest BCUT2D eigenvalue weighted by Gasteiger charge is -1.96. The van der Waals surface area contributed by atoms with Crippen molar-refractivity contribution in [3.8, 4) is 12.3 Å². The molecule has 0 radical (unpaired) electrons. The number of hydrogen-bond donors (Lipinski definition) is 1. The Bertz CT molecular complexity index is 401. The first kappa shape index (κ1) is 12.8. The molecule has 0 saturated heterocycles. The van der Waals surface area contributed by atoms with Gasteiger partial charge in [-0.2, -0.15) is 0 Å². The van der Waals surface area contributed by atoms with Crippen LogP contribution >= 0.6 is 11.3 Å². The zero-order valence-electron chi connectivity index (χ0n) is 9.80. The lowest BCUT2D eigenvalue weighted by atomic mass is 10.1. The van der Waals surface area contributed by atoms with E-state index < -0.39 is 0 Å². The molecule has 0 aromatic carbocycles. The smallest absolute Gasteiger partial charge is 0.262 e. The number of carbonyl (C=O) groups is 1.